The molecule has 3 heterocycles. The van der Waals surface area contributed by atoms with E-state index in [4.69, 9.17) is 14.2 Å². The SMILES string of the molecule is CCOCC[C@H]1CN(C(=O)c2ccc3c(c2)OCO3)Cc2ccnn21. The Labute approximate surface area is 146 Å². The maximum atomic E-state index is 13.0. The number of hydrogen-bond donors (Lipinski definition) is 0. The molecule has 0 saturated carbocycles. The monoisotopic (exact) mass is 343 g/mol. The summed E-state index contributed by atoms with van der Waals surface area (Å²) in [6.45, 7) is 4.71. The molecule has 1 aromatic carbocycles. The Bertz CT molecular complexity index is 773. The number of rotatable bonds is 5. The van der Waals surface area contributed by atoms with E-state index in [1.54, 1.807) is 24.4 Å². The molecular formula is C18H21N3O4. The van der Waals surface area contributed by atoms with Crippen molar-refractivity contribution in [1.29, 1.82) is 0 Å². The van der Waals surface area contributed by atoms with Crippen LogP contribution in [0.1, 0.15) is 35.4 Å². The summed E-state index contributed by atoms with van der Waals surface area (Å²) in [6.07, 6.45) is 2.62. The highest BCUT2D eigenvalue weighted by molar-refractivity contribution is 5.95. The van der Waals surface area contributed by atoms with E-state index in [1.807, 2.05) is 22.6 Å². The van der Waals surface area contributed by atoms with Crippen molar-refractivity contribution in [3.63, 3.8) is 0 Å². The number of hydrogen-bond acceptors (Lipinski definition) is 5. The summed E-state index contributed by atoms with van der Waals surface area (Å²) >= 11 is 0. The van der Waals surface area contributed by atoms with E-state index in [9.17, 15) is 4.79 Å². The van der Waals surface area contributed by atoms with E-state index in [1.165, 1.54) is 0 Å². The summed E-state index contributed by atoms with van der Waals surface area (Å²) in [6, 6.07) is 7.43. The fourth-order valence-corrected chi connectivity index (χ4v) is 3.33. The molecule has 0 spiro atoms. The van der Waals surface area contributed by atoms with Gasteiger partial charge in [-0.25, -0.2) is 0 Å². The molecule has 0 N–H and O–H groups in total. The summed E-state index contributed by atoms with van der Waals surface area (Å²) in [5.74, 6) is 1.30. The molecule has 2 aliphatic rings. The predicted octanol–water partition coefficient (Wildman–Crippen LogP) is 2.24. The van der Waals surface area contributed by atoms with Crippen LogP contribution in [0.3, 0.4) is 0 Å². The Kier molecular flexibility index (Phi) is 4.31. The standard InChI is InChI=1S/C18H21N3O4/c1-2-23-8-6-15-11-20(10-14-5-7-19-21(14)15)18(22)13-3-4-16-17(9-13)25-12-24-16/h3-5,7,9,15H,2,6,8,10-12H2,1H3/t15-/m0/s1. The second-order valence-corrected chi connectivity index (χ2v) is 6.16. The molecule has 25 heavy (non-hydrogen) atoms. The van der Waals surface area contributed by atoms with Gasteiger partial charge < -0.3 is 19.1 Å². The number of ether oxygens (including phenoxy) is 3. The molecule has 7 nitrogen and oxygen atoms in total. The molecule has 0 aliphatic carbocycles. The molecule has 1 atom stereocenters. The van der Waals surface area contributed by atoms with Gasteiger partial charge in [-0.05, 0) is 37.6 Å². The number of benzene rings is 1. The van der Waals surface area contributed by atoms with Gasteiger partial charge in [-0.15, -0.1) is 0 Å². The first-order valence-corrected chi connectivity index (χ1v) is 8.55. The van der Waals surface area contributed by atoms with Gasteiger partial charge in [0.15, 0.2) is 11.5 Å². The Hall–Kier alpha value is -2.54. The summed E-state index contributed by atoms with van der Waals surface area (Å²) < 4.78 is 18.2. The highest BCUT2D eigenvalue weighted by Gasteiger charge is 2.29. The number of amides is 1. The van der Waals surface area contributed by atoms with Crippen LogP contribution >= 0.6 is 0 Å². The van der Waals surface area contributed by atoms with Gasteiger partial charge >= 0.3 is 0 Å². The quantitative estimate of drug-likeness (QED) is 0.779. The first-order chi connectivity index (χ1) is 12.3. The van der Waals surface area contributed by atoms with Crippen molar-refractivity contribution in [2.24, 2.45) is 0 Å². The smallest absolute Gasteiger partial charge is 0.254 e. The van der Waals surface area contributed by atoms with Crippen LogP contribution in [-0.2, 0) is 11.3 Å². The maximum absolute atomic E-state index is 13.0. The van der Waals surface area contributed by atoms with E-state index in [2.05, 4.69) is 5.10 Å². The third kappa shape index (κ3) is 3.07. The second kappa shape index (κ2) is 6.76. The van der Waals surface area contributed by atoms with Crippen LogP contribution in [0.5, 0.6) is 11.5 Å². The molecule has 0 unspecified atom stereocenters. The minimum atomic E-state index is -0.00726. The van der Waals surface area contributed by atoms with Crippen molar-refractivity contribution < 1.29 is 19.0 Å². The number of aromatic nitrogens is 2. The minimum absolute atomic E-state index is 0.00726. The number of carbonyl (C=O) groups excluding carboxylic acids is 1. The van der Waals surface area contributed by atoms with E-state index in [0.717, 1.165) is 12.1 Å². The highest BCUT2D eigenvalue weighted by atomic mass is 16.7. The van der Waals surface area contributed by atoms with Crippen molar-refractivity contribution >= 4 is 5.91 Å². The molecule has 1 amide bonds. The van der Waals surface area contributed by atoms with Gasteiger partial charge in [-0.1, -0.05) is 0 Å². The zero-order valence-electron chi connectivity index (χ0n) is 14.2. The maximum Gasteiger partial charge on any atom is 0.254 e. The average molecular weight is 343 g/mol. The normalized spacial score (nSPS) is 18.3. The van der Waals surface area contributed by atoms with Crippen LogP contribution in [0, 0.1) is 0 Å². The third-order valence-corrected chi connectivity index (χ3v) is 4.59. The molecule has 0 saturated heterocycles. The van der Waals surface area contributed by atoms with Crippen LogP contribution < -0.4 is 9.47 Å². The number of nitrogens with zero attached hydrogens (tertiary/aromatic N) is 3. The fraction of sp³-hybridized carbons (Fsp3) is 0.444. The van der Waals surface area contributed by atoms with Gasteiger partial charge in [-0.3, -0.25) is 9.48 Å². The van der Waals surface area contributed by atoms with Crippen molar-refractivity contribution in [3.05, 3.63) is 41.7 Å². The van der Waals surface area contributed by atoms with Crippen LogP contribution in [-0.4, -0.2) is 47.1 Å². The van der Waals surface area contributed by atoms with Crippen LogP contribution in [0.2, 0.25) is 0 Å². The van der Waals surface area contributed by atoms with Gasteiger partial charge in [0.1, 0.15) is 0 Å². The molecule has 7 heteroatoms. The first kappa shape index (κ1) is 16.0. The van der Waals surface area contributed by atoms with Crippen LogP contribution in [0.25, 0.3) is 0 Å². The highest BCUT2D eigenvalue weighted by Crippen LogP contribution is 2.33. The molecule has 2 aliphatic heterocycles. The van der Waals surface area contributed by atoms with Crippen LogP contribution in [0.4, 0.5) is 0 Å². The van der Waals surface area contributed by atoms with Crippen LogP contribution in [0.15, 0.2) is 30.5 Å². The van der Waals surface area contributed by atoms with Crippen molar-refractivity contribution in [2.45, 2.75) is 25.9 Å². The Morgan fingerprint density at radius 1 is 1.32 bits per heavy atom. The van der Waals surface area contributed by atoms with Gasteiger partial charge in [0.25, 0.3) is 5.91 Å². The van der Waals surface area contributed by atoms with Crippen molar-refractivity contribution in [2.75, 3.05) is 26.6 Å². The minimum Gasteiger partial charge on any atom is -0.454 e. The van der Waals surface area contributed by atoms with E-state index in [0.29, 0.717) is 43.4 Å². The van der Waals surface area contributed by atoms with E-state index < -0.39 is 0 Å². The Balaban J connectivity index is 1.53. The third-order valence-electron chi connectivity index (χ3n) is 4.59. The average Bonchev–Trinajstić information content (AvgIpc) is 3.29. The van der Waals surface area contributed by atoms with Crippen molar-refractivity contribution in [3.8, 4) is 11.5 Å². The molecule has 132 valence electrons. The topological polar surface area (TPSA) is 65.8 Å². The van der Waals surface area contributed by atoms with Crippen molar-refractivity contribution in [1.82, 2.24) is 14.7 Å². The molecule has 1 aromatic heterocycles. The summed E-state index contributed by atoms with van der Waals surface area (Å²) in [4.78, 5) is 14.8. The molecule has 2 aromatic rings. The predicted molar refractivity (Wildman–Crippen MR) is 89.7 cm³/mol. The van der Waals surface area contributed by atoms with E-state index >= 15 is 0 Å². The Morgan fingerprint density at radius 2 is 2.20 bits per heavy atom. The lowest BCUT2D eigenvalue weighted by Crippen LogP contribution is -2.41. The van der Waals surface area contributed by atoms with Gasteiger partial charge in [0.2, 0.25) is 6.79 Å². The number of fused-ring (bicyclic) bond motifs is 2. The largest absolute Gasteiger partial charge is 0.454 e. The van der Waals surface area contributed by atoms with E-state index in [-0.39, 0.29) is 18.7 Å². The van der Waals surface area contributed by atoms with Gasteiger partial charge in [0.05, 0.1) is 18.3 Å². The second-order valence-electron chi connectivity index (χ2n) is 6.16. The molecule has 0 bridgehead atoms. The lowest BCUT2D eigenvalue weighted by atomic mass is 10.1. The molecule has 0 fully saturated rings. The fourth-order valence-electron chi connectivity index (χ4n) is 3.33. The summed E-state index contributed by atoms with van der Waals surface area (Å²) in [7, 11) is 0. The van der Waals surface area contributed by atoms with Gasteiger partial charge in [-0.2, -0.15) is 5.10 Å². The molecule has 4 rings (SSSR count). The number of carbonyl (C=O) groups is 1. The lowest BCUT2D eigenvalue weighted by molar-refractivity contribution is 0.0625. The Morgan fingerprint density at radius 3 is 3.08 bits per heavy atom. The molecule has 0 radical (unpaired) electrons. The lowest BCUT2D eigenvalue weighted by Gasteiger charge is -2.34. The first-order valence-electron chi connectivity index (χ1n) is 8.55. The zero-order valence-corrected chi connectivity index (χ0v) is 14.2. The van der Waals surface area contributed by atoms with Gasteiger partial charge in [0, 0.05) is 31.5 Å². The summed E-state index contributed by atoms with van der Waals surface area (Å²) in [5.41, 5.74) is 1.66. The molecular weight excluding hydrogens is 322 g/mol. The zero-order chi connectivity index (χ0) is 17.2. The summed E-state index contributed by atoms with van der Waals surface area (Å²) in [5, 5.41) is 4.42.